The normalized spacial score (nSPS) is 10.1. The zero-order valence-electron chi connectivity index (χ0n) is 15.5. The number of nitrogens with zero attached hydrogens (tertiary/aromatic N) is 3. The van der Waals surface area contributed by atoms with Gasteiger partial charge in [0.05, 0.1) is 19.8 Å². The fourth-order valence-electron chi connectivity index (χ4n) is 2.28. The molecule has 0 aliphatic heterocycles. The Morgan fingerprint density at radius 3 is 2.00 bits per heavy atom. The van der Waals surface area contributed by atoms with Crippen LogP contribution in [0.25, 0.3) is 0 Å². The molecule has 1 aromatic heterocycles. The molecule has 0 bridgehead atoms. The van der Waals surface area contributed by atoms with Crippen molar-refractivity contribution < 1.29 is 14.2 Å². The first kappa shape index (κ1) is 22.3. The summed E-state index contributed by atoms with van der Waals surface area (Å²) in [7, 11) is 0. The van der Waals surface area contributed by atoms with Crippen molar-refractivity contribution in [3.8, 4) is 0 Å². The molecule has 0 aliphatic carbocycles. The van der Waals surface area contributed by atoms with Crippen molar-refractivity contribution in [3.63, 3.8) is 0 Å². The van der Waals surface area contributed by atoms with Gasteiger partial charge in [0.25, 0.3) is 0 Å². The number of ether oxygens (including phenoxy) is 1. The summed E-state index contributed by atoms with van der Waals surface area (Å²) in [4.78, 5) is 13.0. The first-order valence-electron chi connectivity index (χ1n) is 8.76. The molecule has 1 heterocycles. The second kappa shape index (κ2) is 11.7. The number of rotatable bonds is 10. The van der Waals surface area contributed by atoms with Crippen LogP contribution in [0.3, 0.4) is 0 Å². The van der Waals surface area contributed by atoms with Crippen molar-refractivity contribution in [2.24, 2.45) is 0 Å². The third kappa shape index (κ3) is 7.49. The van der Waals surface area contributed by atoms with Crippen LogP contribution in [0.5, 0.6) is 0 Å². The molecular formula is C19H22ClFN6O2. The molecule has 3 aromatic rings. The molecule has 8 nitrogen and oxygen atoms in total. The lowest BCUT2D eigenvalue weighted by Crippen LogP contribution is -2.15. The number of hydrogen-bond acceptors (Lipinski definition) is 8. The maximum Gasteiger partial charge on any atom is 0.233 e. The highest BCUT2D eigenvalue weighted by Crippen LogP contribution is 2.18. The van der Waals surface area contributed by atoms with Gasteiger partial charge in [0, 0.05) is 17.9 Å². The summed E-state index contributed by atoms with van der Waals surface area (Å²) in [6.45, 7) is 1.11. The van der Waals surface area contributed by atoms with Gasteiger partial charge in [0.2, 0.25) is 17.8 Å². The zero-order valence-corrected chi connectivity index (χ0v) is 16.3. The molecule has 0 aliphatic rings. The Hall–Kier alpha value is -3.01. The van der Waals surface area contributed by atoms with Gasteiger partial charge in [-0.2, -0.15) is 15.0 Å². The van der Waals surface area contributed by atoms with Crippen molar-refractivity contribution in [3.05, 3.63) is 60.4 Å². The number of aliphatic hydroxyl groups excluding tert-OH is 1. The van der Waals surface area contributed by atoms with E-state index in [1.807, 2.05) is 30.3 Å². The molecule has 0 saturated heterocycles. The molecule has 0 fully saturated rings. The van der Waals surface area contributed by atoms with Crippen LogP contribution in [0.2, 0.25) is 0 Å². The molecule has 0 atom stereocenters. The number of aliphatic hydroxyl groups is 1. The highest BCUT2D eigenvalue weighted by molar-refractivity contribution is 5.85. The molecule has 0 radical (unpaired) electrons. The van der Waals surface area contributed by atoms with Crippen LogP contribution in [0.1, 0.15) is 0 Å². The molecule has 0 spiro atoms. The number of hydrogen-bond donors (Lipinski definition) is 4. The van der Waals surface area contributed by atoms with Crippen LogP contribution in [0.15, 0.2) is 54.6 Å². The molecule has 0 unspecified atom stereocenters. The van der Waals surface area contributed by atoms with E-state index in [0.717, 1.165) is 5.69 Å². The number of anilines is 5. The van der Waals surface area contributed by atoms with Gasteiger partial charge in [-0.1, -0.05) is 18.2 Å². The van der Waals surface area contributed by atoms with E-state index in [9.17, 15) is 4.39 Å². The Bertz CT molecular complexity index is 870. The summed E-state index contributed by atoms with van der Waals surface area (Å²) in [5, 5.41) is 17.9. The summed E-state index contributed by atoms with van der Waals surface area (Å²) >= 11 is 0. The topological polar surface area (TPSA) is 104 Å². The van der Waals surface area contributed by atoms with Crippen LogP contribution in [-0.2, 0) is 4.74 Å². The third-order valence-corrected chi connectivity index (χ3v) is 3.53. The van der Waals surface area contributed by atoms with Gasteiger partial charge in [-0.05, 0) is 36.4 Å². The average Bonchev–Trinajstić information content (AvgIpc) is 2.70. The van der Waals surface area contributed by atoms with Gasteiger partial charge >= 0.3 is 0 Å². The minimum Gasteiger partial charge on any atom is -0.394 e. The fraction of sp³-hybridized carbons (Fsp3) is 0.211. The maximum absolute atomic E-state index is 13.1. The van der Waals surface area contributed by atoms with E-state index in [-0.39, 0.29) is 31.4 Å². The monoisotopic (exact) mass is 420 g/mol. The Labute approximate surface area is 174 Å². The second-order valence-electron chi connectivity index (χ2n) is 5.69. The van der Waals surface area contributed by atoms with Crippen LogP contribution < -0.4 is 16.0 Å². The summed E-state index contributed by atoms with van der Waals surface area (Å²) in [5.74, 6) is 0.687. The van der Waals surface area contributed by atoms with Crippen LogP contribution in [0.4, 0.5) is 33.6 Å². The van der Waals surface area contributed by atoms with Gasteiger partial charge in [-0.3, -0.25) is 0 Å². The Kier molecular flexibility index (Phi) is 9.03. The standard InChI is InChI=1S/C19H21FN6O2.ClH/c20-14-6-8-16(9-7-14)23-19-25-17(21-10-12-28-13-11-27)24-18(26-19)22-15-4-2-1-3-5-15;/h1-9,27H,10-13H2,(H3,21,22,23,24,25,26);1H. The molecule has 154 valence electrons. The largest absolute Gasteiger partial charge is 0.394 e. The summed E-state index contributed by atoms with van der Waals surface area (Å²) in [5.41, 5.74) is 1.48. The average molecular weight is 421 g/mol. The first-order valence-corrected chi connectivity index (χ1v) is 8.76. The smallest absolute Gasteiger partial charge is 0.233 e. The van der Waals surface area contributed by atoms with Crippen molar-refractivity contribution in [2.45, 2.75) is 0 Å². The quantitative estimate of drug-likeness (QED) is 0.370. The summed E-state index contributed by atoms with van der Waals surface area (Å²) < 4.78 is 18.3. The lowest BCUT2D eigenvalue weighted by Gasteiger charge is -2.11. The first-order chi connectivity index (χ1) is 13.7. The number of benzene rings is 2. The van der Waals surface area contributed by atoms with Gasteiger partial charge in [0.1, 0.15) is 5.82 Å². The van der Waals surface area contributed by atoms with E-state index in [0.29, 0.717) is 36.7 Å². The van der Waals surface area contributed by atoms with E-state index in [4.69, 9.17) is 9.84 Å². The highest BCUT2D eigenvalue weighted by atomic mass is 35.5. The van der Waals surface area contributed by atoms with Crippen LogP contribution >= 0.6 is 12.4 Å². The molecule has 0 saturated carbocycles. The molecular weight excluding hydrogens is 399 g/mol. The lowest BCUT2D eigenvalue weighted by molar-refractivity contribution is 0.0991. The van der Waals surface area contributed by atoms with Crippen molar-refractivity contribution >= 4 is 41.6 Å². The molecule has 2 aromatic carbocycles. The minimum absolute atomic E-state index is 0. The van der Waals surface area contributed by atoms with E-state index >= 15 is 0 Å². The molecule has 3 rings (SSSR count). The summed E-state index contributed by atoms with van der Waals surface area (Å²) in [6.07, 6.45) is 0. The SMILES string of the molecule is Cl.OCCOCCNc1nc(Nc2ccccc2)nc(Nc2ccc(F)cc2)n1. The van der Waals surface area contributed by atoms with Gasteiger partial charge < -0.3 is 25.8 Å². The van der Waals surface area contributed by atoms with E-state index in [1.165, 1.54) is 12.1 Å². The maximum atomic E-state index is 13.1. The van der Waals surface area contributed by atoms with Crippen molar-refractivity contribution in [2.75, 3.05) is 42.3 Å². The molecule has 10 heteroatoms. The summed E-state index contributed by atoms with van der Waals surface area (Å²) in [6, 6.07) is 15.4. The third-order valence-electron chi connectivity index (χ3n) is 3.53. The van der Waals surface area contributed by atoms with E-state index in [1.54, 1.807) is 12.1 Å². The zero-order chi connectivity index (χ0) is 19.6. The molecule has 4 N–H and O–H groups in total. The lowest BCUT2D eigenvalue weighted by atomic mass is 10.3. The second-order valence-corrected chi connectivity index (χ2v) is 5.69. The Balaban J connectivity index is 0.00000300. The number of halogens is 2. The number of aromatic nitrogens is 3. The number of nitrogens with one attached hydrogen (secondary N) is 3. The van der Waals surface area contributed by atoms with Crippen LogP contribution in [-0.4, -0.2) is 46.4 Å². The predicted molar refractivity (Wildman–Crippen MR) is 113 cm³/mol. The predicted octanol–water partition coefficient (Wildman–Crippen LogP) is 3.34. The van der Waals surface area contributed by atoms with Crippen molar-refractivity contribution in [1.82, 2.24) is 15.0 Å². The van der Waals surface area contributed by atoms with Crippen molar-refractivity contribution in [1.29, 1.82) is 0 Å². The van der Waals surface area contributed by atoms with Gasteiger partial charge in [0.15, 0.2) is 0 Å². The highest BCUT2D eigenvalue weighted by Gasteiger charge is 2.08. The molecule has 29 heavy (non-hydrogen) atoms. The minimum atomic E-state index is -0.321. The van der Waals surface area contributed by atoms with E-state index < -0.39 is 0 Å². The molecule has 0 amide bonds. The fourth-order valence-corrected chi connectivity index (χ4v) is 2.28. The van der Waals surface area contributed by atoms with Gasteiger partial charge in [-0.15, -0.1) is 12.4 Å². The van der Waals surface area contributed by atoms with Crippen LogP contribution in [0, 0.1) is 5.82 Å². The Morgan fingerprint density at radius 1 is 0.793 bits per heavy atom. The van der Waals surface area contributed by atoms with Gasteiger partial charge in [-0.25, -0.2) is 4.39 Å². The van der Waals surface area contributed by atoms with E-state index in [2.05, 4.69) is 30.9 Å². The Morgan fingerprint density at radius 2 is 1.38 bits per heavy atom. The number of para-hydroxylation sites is 1.